The molecule has 1 aliphatic heterocycles. The summed E-state index contributed by atoms with van der Waals surface area (Å²) in [7, 11) is -2.18. The summed E-state index contributed by atoms with van der Waals surface area (Å²) >= 11 is -1.02. The third kappa shape index (κ3) is 6.36. The molecule has 1 aliphatic rings. The number of hydrogen-bond acceptors (Lipinski definition) is 8. The molecule has 3 aromatic heterocycles. The number of halogens is 1. The molecule has 0 bridgehead atoms. The number of rotatable bonds is 9. The number of fused-ring (bicyclic) bond motifs is 2. The minimum absolute atomic E-state index is 0.0189. The van der Waals surface area contributed by atoms with Gasteiger partial charge < -0.3 is 4.74 Å². The average Bonchev–Trinajstić information content (AvgIpc) is 3.37. The molecule has 4 heterocycles. The van der Waals surface area contributed by atoms with E-state index in [0.29, 0.717) is 48.1 Å². The Hall–Kier alpha value is -2.94. The van der Waals surface area contributed by atoms with Crippen LogP contribution in [0.3, 0.4) is 0 Å². The number of methoxy groups -OCH3 is 1. The Morgan fingerprint density at radius 2 is 1.88 bits per heavy atom. The summed E-state index contributed by atoms with van der Waals surface area (Å²) in [4.78, 5) is 29.7. The molecule has 0 aliphatic carbocycles. The molecule has 1 fully saturated rings. The quantitative estimate of drug-likeness (QED) is 0.110. The first kappa shape index (κ1) is 30.5. The molecule has 0 spiro atoms. The number of pyridine rings is 2. The number of esters is 1. The fourth-order valence-corrected chi connectivity index (χ4v) is 8.09. The molecule has 5 rings (SSSR count). The number of hydrogen-bond donors (Lipinski definition) is 0. The Kier molecular flexibility index (Phi) is 8.97. The maximum absolute atomic E-state index is 14.0. The minimum atomic E-state index is -3.84. The zero-order valence-corrected chi connectivity index (χ0v) is 27.0. The van der Waals surface area contributed by atoms with E-state index in [0.717, 1.165) is 10.9 Å². The molecule has 12 heteroatoms. The molecular formula is C30H34IN4O6S-. The van der Waals surface area contributed by atoms with Gasteiger partial charge in [-0.15, -0.1) is 0 Å². The van der Waals surface area contributed by atoms with E-state index in [2.05, 4.69) is 10.1 Å². The second kappa shape index (κ2) is 12.3. The van der Waals surface area contributed by atoms with Gasteiger partial charge in [0.05, 0.1) is 6.10 Å². The Balaban J connectivity index is 1.48. The van der Waals surface area contributed by atoms with E-state index >= 15 is 0 Å². The first-order chi connectivity index (χ1) is 20.0. The van der Waals surface area contributed by atoms with Crippen molar-refractivity contribution in [1.29, 1.82) is 0 Å². The van der Waals surface area contributed by atoms with Crippen molar-refractivity contribution >= 4 is 36.2 Å². The van der Waals surface area contributed by atoms with Crippen LogP contribution in [-0.2, 0) is 35.5 Å². The van der Waals surface area contributed by atoms with Gasteiger partial charge >= 0.3 is 239 Å². The summed E-state index contributed by atoms with van der Waals surface area (Å²) in [5.41, 5.74) is 2.58. The van der Waals surface area contributed by atoms with Gasteiger partial charge in [-0.25, -0.2) is 0 Å². The van der Waals surface area contributed by atoms with Gasteiger partial charge in [-0.3, -0.25) is 0 Å². The standard InChI is InChI=1S/C30H34IN4O6S/c1-30(2,3)29(37)41-19-31-26(36)17-22-18-33-35-15-9-21(16-24(22)35)27-25(8-7-20-6-5-12-32-28(20)27)42(38,39)34-13-10-23(40-4)11-14-34/h5-9,12,15-16,18,23H,10-11,13-14,17,19H2,1-4H3/q-1. The van der Waals surface area contributed by atoms with Crippen LogP contribution in [-0.4, -0.2) is 68.0 Å². The van der Waals surface area contributed by atoms with Crippen molar-refractivity contribution < 1.29 is 48.7 Å². The van der Waals surface area contributed by atoms with Crippen molar-refractivity contribution in [2.75, 3.05) is 24.8 Å². The summed E-state index contributed by atoms with van der Waals surface area (Å²) < 4.78 is 42.1. The number of carbonyl (C=O) groups excluding carboxylic acids is 2. The predicted octanol–water partition coefficient (Wildman–Crippen LogP) is 1.05. The zero-order chi connectivity index (χ0) is 30.1. The maximum atomic E-state index is 14.0. The third-order valence-electron chi connectivity index (χ3n) is 7.31. The predicted molar refractivity (Wildman–Crippen MR) is 154 cm³/mol. The number of nitrogens with zero attached hydrogens (tertiary/aromatic N) is 4. The van der Waals surface area contributed by atoms with Crippen LogP contribution in [0.25, 0.3) is 27.5 Å². The summed E-state index contributed by atoms with van der Waals surface area (Å²) in [5.74, 6) is -0.326. The molecule has 224 valence electrons. The van der Waals surface area contributed by atoms with Crippen LogP contribution >= 0.6 is 0 Å². The van der Waals surface area contributed by atoms with Gasteiger partial charge in [-0.2, -0.15) is 0 Å². The van der Waals surface area contributed by atoms with Crippen molar-refractivity contribution in [3.8, 4) is 11.1 Å². The zero-order valence-electron chi connectivity index (χ0n) is 24.0. The van der Waals surface area contributed by atoms with Crippen molar-refractivity contribution in [2.24, 2.45) is 5.41 Å². The normalized spacial score (nSPS) is 15.4. The Morgan fingerprint density at radius 1 is 1.12 bits per heavy atom. The summed E-state index contributed by atoms with van der Waals surface area (Å²) in [6.07, 6.45) is 6.54. The molecule has 0 atom stereocenters. The van der Waals surface area contributed by atoms with Crippen molar-refractivity contribution in [2.45, 2.75) is 51.0 Å². The number of alkyl halides is 1. The second-order valence-electron chi connectivity index (χ2n) is 11.2. The van der Waals surface area contributed by atoms with Crippen LogP contribution in [0, 0.1) is 5.41 Å². The number of benzene rings is 1. The SMILES string of the molecule is COC1CCN(S(=O)(=O)c2ccc3cccnc3c2-c2ccn3ncc(CC(=O)[I-]COC(=O)C(C)(C)C)c3c2)CC1. The molecule has 0 unspecified atom stereocenters. The Labute approximate surface area is 255 Å². The van der Waals surface area contributed by atoms with Crippen molar-refractivity contribution in [3.63, 3.8) is 0 Å². The fourth-order valence-electron chi connectivity index (χ4n) is 4.94. The third-order valence-corrected chi connectivity index (χ3v) is 11.1. The average molecular weight is 706 g/mol. The van der Waals surface area contributed by atoms with E-state index in [4.69, 9.17) is 9.47 Å². The fraction of sp³-hybridized carbons (Fsp3) is 0.400. The molecule has 0 radical (unpaired) electrons. The van der Waals surface area contributed by atoms with E-state index in [9.17, 15) is 18.0 Å². The number of piperidine rings is 1. The molecule has 42 heavy (non-hydrogen) atoms. The second-order valence-corrected chi connectivity index (χ2v) is 15.7. The van der Waals surface area contributed by atoms with E-state index in [-0.39, 0.29) is 31.8 Å². The Bertz CT molecular complexity index is 1740. The van der Waals surface area contributed by atoms with Crippen LogP contribution in [0.2, 0.25) is 0 Å². The van der Waals surface area contributed by atoms with E-state index in [1.165, 1.54) is 4.31 Å². The van der Waals surface area contributed by atoms with Gasteiger partial charge in [0.25, 0.3) is 0 Å². The molecule has 0 amide bonds. The van der Waals surface area contributed by atoms with Gasteiger partial charge in [0.2, 0.25) is 0 Å². The van der Waals surface area contributed by atoms with Gasteiger partial charge in [0, 0.05) is 7.11 Å². The molecule has 0 N–H and O–H groups in total. The first-order valence-electron chi connectivity index (χ1n) is 13.7. The van der Waals surface area contributed by atoms with Crippen molar-refractivity contribution in [1.82, 2.24) is 18.9 Å². The van der Waals surface area contributed by atoms with E-state index in [1.807, 2.05) is 24.3 Å². The van der Waals surface area contributed by atoms with Gasteiger partial charge in [0.1, 0.15) is 0 Å². The van der Waals surface area contributed by atoms with Crippen LogP contribution in [0.4, 0.5) is 0 Å². The number of sulfonamides is 1. The van der Waals surface area contributed by atoms with Crippen LogP contribution in [0.1, 0.15) is 39.2 Å². The molecule has 4 aromatic rings. The Morgan fingerprint density at radius 3 is 2.60 bits per heavy atom. The molecule has 1 saturated heterocycles. The van der Waals surface area contributed by atoms with Crippen LogP contribution in [0.15, 0.2) is 59.9 Å². The molecule has 1 aromatic carbocycles. The van der Waals surface area contributed by atoms with Gasteiger partial charge in [0.15, 0.2) is 0 Å². The van der Waals surface area contributed by atoms with Crippen molar-refractivity contribution in [3.05, 3.63) is 60.6 Å². The van der Waals surface area contributed by atoms with E-state index in [1.54, 1.807) is 63.1 Å². The van der Waals surface area contributed by atoms with Gasteiger partial charge in [-0.1, -0.05) is 0 Å². The summed E-state index contributed by atoms with van der Waals surface area (Å²) in [6, 6.07) is 10.9. The van der Waals surface area contributed by atoms with Crippen LogP contribution < -0.4 is 21.2 Å². The summed E-state index contributed by atoms with van der Waals surface area (Å²) in [6.45, 7) is 6.08. The molecular weight excluding hydrogens is 671 g/mol. The molecule has 0 saturated carbocycles. The van der Waals surface area contributed by atoms with Gasteiger partial charge in [-0.05, 0) is 0 Å². The van der Waals surface area contributed by atoms with E-state index < -0.39 is 36.6 Å². The monoisotopic (exact) mass is 705 g/mol. The number of carbonyl (C=O) groups is 2. The number of ether oxygens (including phenoxy) is 2. The van der Waals surface area contributed by atoms with Crippen LogP contribution in [0.5, 0.6) is 0 Å². The summed E-state index contributed by atoms with van der Waals surface area (Å²) in [5, 5.41) is 5.23. The molecule has 10 nitrogen and oxygen atoms in total. The number of aromatic nitrogens is 3. The topological polar surface area (TPSA) is 120 Å². The first-order valence-corrected chi connectivity index (χ1v) is 17.7.